The van der Waals surface area contributed by atoms with Crippen LogP contribution in [0.1, 0.15) is 53.9 Å². The number of rotatable bonds is 19. The quantitative estimate of drug-likeness (QED) is 0.0489. The highest BCUT2D eigenvalue weighted by Gasteiger charge is 2.46. The maximum Gasteiger partial charge on any atom is 0.323 e. The fraction of sp³-hybridized carbons (Fsp3) is 0.862. The number of amides is 3. The van der Waals surface area contributed by atoms with Gasteiger partial charge in [-0.15, -0.1) is 0 Å². The summed E-state index contributed by atoms with van der Waals surface area (Å²) in [6.45, 7) is 13.4. The van der Waals surface area contributed by atoms with Crippen molar-refractivity contribution < 1.29 is 38.1 Å². The highest BCUT2D eigenvalue weighted by atomic mass is 127. The number of ether oxygens (including phenoxy) is 4. The summed E-state index contributed by atoms with van der Waals surface area (Å²) in [5.41, 5.74) is -0.663. The largest absolute Gasteiger partial charge is 0.459 e. The smallest absolute Gasteiger partial charge is 0.323 e. The van der Waals surface area contributed by atoms with Gasteiger partial charge in [0.05, 0.1) is 39.6 Å². The summed E-state index contributed by atoms with van der Waals surface area (Å²) < 4.78 is 23.0. The van der Waals surface area contributed by atoms with Crippen molar-refractivity contribution in [1.29, 1.82) is 0 Å². The molecule has 43 heavy (non-hydrogen) atoms. The van der Waals surface area contributed by atoms with Gasteiger partial charge in [0.25, 0.3) is 0 Å². The van der Waals surface area contributed by atoms with Gasteiger partial charge in [0.15, 0.2) is 0 Å². The molecule has 2 saturated heterocycles. The van der Waals surface area contributed by atoms with E-state index in [0.29, 0.717) is 39.4 Å². The molecule has 0 saturated carbocycles. The van der Waals surface area contributed by atoms with E-state index in [9.17, 15) is 19.2 Å². The van der Waals surface area contributed by atoms with Gasteiger partial charge < -0.3 is 45.1 Å². The van der Waals surface area contributed by atoms with E-state index >= 15 is 0 Å². The van der Waals surface area contributed by atoms with Gasteiger partial charge in [-0.05, 0) is 30.7 Å². The zero-order valence-corrected chi connectivity index (χ0v) is 28.5. The Balaban J connectivity index is 1.92. The van der Waals surface area contributed by atoms with E-state index in [1.165, 1.54) is 4.90 Å². The predicted molar refractivity (Wildman–Crippen MR) is 170 cm³/mol. The van der Waals surface area contributed by atoms with E-state index in [2.05, 4.69) is 43.9 Å². The Morgan fingerprint density at radius 2 is 1.70 bits per heavy atom. The third-order valence-corrected chi connectivity index (χ3v) is 7.61. The van der Waals surface area contributed by atoms with Crippen LogP contribution >= 0.6 is 22.6 Å². The molecule has 14 heteroatoms. The van der Waals surface area contributed by atoms with Crippen LogP contribution in [0.5, 0.6) is 0 Å². The van der Waals surface area contributed by atoms with Crippen LogP contribution in [0.2, 0.25) is 0 Å². The Kier molecular flexibility index (Phi) is 17.2. The Hall–Kier alpha value is -1.59. The maximum atomic E-state index is 13.9. The number of halogens is 1. The molecule has 4 N–H and O–H groups in total. The van der Waals surface area contributed by atoms with Crippen molar-refractivity contribution in [2.75, 3.05) is 70.4 Å². The molecule has 2 aliphatic rings. The Bertz CT molecular complexity index is 881. The van der Waals surface area contributed by atoms with Gasteiger partial charge in [-0.3, -0.25) is 19.2 Å². The number of nitrogens with zero attached hydrogens (tertiary/aromatic N) is 1. The second-order valence-corrected chi connectivity index (χ2v) is 13.1. The average Bonchev–Trinajstić information content (AvgIpc) is 3.63. The molecular formula is C29H52IN5O8. The SMILES string of the molecule is CC(C)CNC(=O)C1CC(OC(=O)C2CCCN2)CN1C(=O)C(NC(=O)COCCOCCOCCNCI)C(C)(C)C. The van der Waals surface area contributed by atoms with Crippen LogP contribution in [0, 0.1) is 11.3 Å². The molecule has 13 nitrogen and oxygen atoms in total. The van der Waals surface area contributed by atoms with Crippen molar-refractivity contribution >= 4 is 46.3 Å². The molecule has 2 heterocycles. The van der Waals surface area contributed by atoms with Crippen molar-refractivity contribution in [3.63, 3.8) is 0 Å². The van der Waals surface area contributed by atoms with E-state index in [4.69, 9.17) is 18.9 Å². The molecule has 2 rings (SSSR count). The normalized spacial score (nSPS) is 21.2. The summed E-state index contributed by atoms with van der Waals surface area (Å²) in [7, 11) is 0. The molecule has 2 fully saturated rings. The molecule has 0 bridgehead atoms. The maximum absolute atomic E-state index is 13.9. The summed E-state index contributed by atoms with van der Waals surface area (Å²) in [6, 6.07) is -2.11. The van der Waals surface area contributed by atoms with E-state index in [0.717, 1.165) is 24.1 Å². The number of hydrogen-bond acceptors (Lipinski definition) is 10. The van der Waals surface area contributed by atoms with Crippen LogP contribution < -0.4 is 21.3 Å². The molecule has 4 atom stereocenters. The first-order valence-corrected chi connectivity index (χ1v) is 16.8. The van der Waals surface area contributed by atoms with Crippen LogP contribution in [0.15, 0.2) is 0 Å². The van der Waals surface area contributed by atoms with Gasteiger partial charge >= 0.3 is 5.97 Å². The molecule has 0 aromatic carbocycles. The minimum absolute atomic E-state index is 0.0752. The fourth-order valence-corrected chi connectivity index (χ4v) is 5.14. The number of esters is 1. The molecule has 0 aromatic rings. The van der Waals surface area contributed by atoms with Crippen LogP contribution in [-0.4, -0.2) is 123 Å². The topological polar surface area (TPSA) is 157 Å². The summed E-state index contributed by atoms with van der Waals surface area (Å²) in [6.07, 6.45) is 1.17. The molecule has 0 spiro atoms. The molecule has 3 amide bonds. The summed E-state index contributed by atoms with van der Waals surface area (Å²) in [5.74, 6) is -1.29. The summed E-state index contributed by atoms with van der Waals surface area (Å²) in [5, 5.41) is 12.0. The Labute approximate surface area is 269 Å². The fourth-order valence-electron chi connectivity index (χ4n) is 4.76. The van der Waals surface area contributed by atoms with E-state index in [1.807, 2.05) is 34.6 Å². The predicted octanol–water partition coefficient (Wildman–Crippen LogP) is 0.586. The van der Waals surface area contributed by atoms with Gasteiger partial charge in [-0.1, -0.05) is 57.2 Å². The van der Waals surface area contributed by atoms with E-state index in [1.54, 1.807) is 0 Å². The van der Waals surface area contributed by atoms with Crippen LogP contribution in [0.4, 0.5) is 0 Å². The van der Waals surface area contributed by atoms with Crippen LogP contribution in [0.25, 0.3) is 0 Å². The number of carbonyl (C=O) groups is 4. The third kappa shape index (κ3) is 13.9. The van der Waals surface area contributed by atoms with Crippen LogP contribution in [-0.2, 0) is 38.1 Å². The Morgan fingerprint density at radius 1 is 1.02 bits per heavy atom. The third-order valence-electron chi connectivity index (χ3n) is 7.07. The number of carbonyl (C=O) groups excluding carboxylic acids is 4. The number of nitrogens with one attached hydrogen (secondary N) is 4. The second-order valence-electron chi connectivity index (χ2n) is 12.4. The second kappa shape index (κ2) is 19.7. The van der Waals surface area contributed by atoms with Crippen molar-refractivity contribution in [3.8, 4) is 0 Å². The van der Waals surface area contributed by atoms with Gasteiger partial charge in [-0.2, -0.15) is 0 Å². The van der Waals surface area contributed by atoms with Gasteiger partial charge in [-0.25, -0.2) is 0 Å². The summed E-state index contributed by atoms with van der Waals surface area (Å²) in [4.78, 5) is 54.0. The molecule has 0 aliphatic carbocycles. The van der Waals surface area contributed by atoms with Crippen LogP contribution in [0.3, 0.4) is 0 Å². The minimum atomic E-state index is -0.926. The lowest BCUT2D eigenvalue weighted by atomic mass is 9.85. The average molecular weight is 726 g/mol. The first kappa shape index (κ1) is 37.6. The lowest BCUT2D eigenvalue weighted by Gasteiger charge is -2.35. The van der Waals surface area contributed by atoms with Gasteiger partial charge in [0.1, 0.15) is 30.8 Å². The number of likely N-dealkylation sites (tertiary alicyclic amines) is 1. The number of hydrogen-bond donors (Lipinski definition) is 4. The zero-order chi connectivity index (χ0) is 31.8. The first-order valence-electron chi connectivity index (χ1n) is 15.2. The minimum Gasteiger partial charge on any atom is -0.459 e. The summed E-state index contributed by atoms with van der Waals surface area (Å²) >= 11 is 2.23. The Morgan fingerprint density at radius 3 is 2.30 bits per heavy atom. The van der Waals surface area contributed by atoms with Crippen molar-refractivity contribution in [2.24, 2.45) is 11.3 Å². The standard InChI is InChI=1S/C29H52IN5O8/c1-20(2)16-33-26(37)23-15-21(43-28(39)22-7-6-8-32-22)17-35(23)27(38)25(29(3,4)5)34-24(36)18-42-14-13-41-12-11-40-10-9-31-19-30/h20-23,25,31-32H,6-19H2,1-5H3,(H,33,37)(H,34,36). The lowest BCUT2D eigenvalue weighted by Crippen LogP contribution is -2.58. The van der Waals surface area contributed by atoms with Crippen molar-refractivity contribution in [3.05, 3.63) is 0 Å². The molecule has 0 aromatic heterocycles. The lowest BCUT2D eigenvalue weighted by molar-refractivity contribution is -0.151. The van der Waals surface area contributed by atoms with Gasteiger partial charge in [0, 0.05) is 24.1 Å². The molecule has 248 valence electrons. The van der Waals surface area contributed by atoms with Gasteiger partial charge in [0.2, 0.25) is 17.7 Å². The van der Waals surface area contributed by atoms with E-state index < -0.39 is 35.4 Å². The van der Waals surface area contributed by atoms with E-state index in [-0.39, 0.29) is 50.0 Å². The highest BCUT2D eigenvalue weighted by molar-refractivity contribution is 14.1. The van der Waals surface area contributed by atoms with Crippen molar-refractivity contribution in [2.45, 2.75) is 78.1 Å². The van der Waals surface area contributed by atoms with Crippen molar-refractivity contribution in [1.82, 2.24) is 26.2 Å². The number of alkyl halides is 1. The molecule has 2 aliphatic heterocycles. The molecule has 0 radical (unpaired) electrons. The molecular weight excluding hydrogens is 673 g/mol. The monoisotopic (exact) mass is 725 g/mol. The highest BCUT2D eigenvalue weighted by Crippen LogP contribution is 2.28. The zero-order valence-electron chi connectivity index (χ0n) is 26.4. The first-order chi connectivity index (χ1) is 20.4. The molecule has 4 unspecified atom stereocenters.